The zero-order valence-electron chi connectivity index (χ0n) is 8.65. The van der Waals surface area contributed by atoms with Crippen LogP contribution in [0, 0.1) is 3.57 Å². The van der Waals surface area contributed by atoms with E-state index >= 15 is 0 Å². The molecule has 86 valence electrons. The highest BCUT2D eigenvalue weighted by molar-refractivity contribution is 14.1. The van der Waals surface area contributed by atoms with Gasteiger partial charge in [0, 0.05) is 14.2 Å². The van der Waals surface area contributed by atoms with E-state index in [1.807, 2.05) is 24.3 Å². The van der Waals surface area contributed by atoms with Gasteiger partial charge in [0.2, 0.25) is 0 Å². The van der Waals surface area contributed by atoms with E-state index in [9.17, 15) is 4.79 Å². The van der Waals surface area contributed by atoms with E-state index in [2.05, 4.69) is 48.8 Å². The van der Waals surface area contributed by atoms with Crippen LogP contribution in [-0.2, 0) is 0 Å². The predicted molar refractivity (Wildman–Crippen MR) is 79.0 cm³/mol. The van der Waals surface area contributed by atoms with E-state index in [4.69, 9.17) is 0 Å². The zero-order valence-corrected chi connectivity index (χ0v) is 12.4. The summed E-state index contributed by atoms with van der Waals surface area (Å²) in [5.74, 6) is 0.391. The van der Waals surface area contributed by atoms with Gasteiger partial charge in [0.1, 0.15) is 5.82 Å². The lowest BCUT2D eigenvalue weighted by Gasteiger charge is -2.05. The van der Waals surface area contributed by atoms with Crippen molar-refractivity contribution in [2.45, 2.75) is 0 Å². The molecule has 2 aromatic rings. The molecule has 1 amide bonds. The number of carbonyl (C=O) groups excluding carboxylic acids is 1. The van der Waals surface area contributed by atoms with Crippen molar-refractivity contribution in [1.29, 1.82) is 0 Å². The summed E-state index contributed by atoms with van der Waals surface area (Å²) in [6, 6.07) is 11.0. The number of hydrogen-bond acceptors (Lipinski definition) is 2. The molecule has 17 heavy (non-hydrogen) atoms. The molecule has 0 aliphatic heterocycles. The summed E-state index contributed by atoms with van der Waals surface area (Å²) in [6.45, 7) is 0. The van der Waals surface area contributed by atoms with Crippen LogP contribution in [0.25, 0.3) is 0 Å². The van der Waals surface area contributed by atoms with Crippen molar-refractivity contribution in [2.75, 3.05) is 5.32 Å². The van der Waals surface area contributed by atoms with E-state index in [-0.39, 0.29) is 5.91 Å². The first-order valence-electron chi connectivity index (χ1n) is 4.84. The molecule has 0 fully saturated rings. The van der Waals surface area contributed by atoms with Gasteiger partial charge in [-0.2, -0.15) is 0 Å². The average molecular weight is 403 g/mol. The Morgan fingerprint density at radius 2 is 2.00 bits per heavy atom. The molecule has 2 rings (SSSR count). The van der Waals surface area contributed by atoms with Gasteiger partial charge in [-0.25, -0.2) is 4.98 Å². The van der Waals surface area contributed by atoms with Crippen LogP contribution in [-0.4, -0.2) is 10.9 Å². The van der Waals surface area contributed by atoms with Crippen LogP contribution >= 0.6 is 38.5 Å². The third kappa shape index (κ3) is 3.26. The van der Waals surface area contributed by atoms with E-state index in [1.54, 1.807) is 18.3 Å². The Morgan fingerprint density at radius 3 is 2.65 bits per heavy atom. The molecule has 1 aromatic carbocycles. The summed E-state index contributed by atoms with van der Waals surface area (Å²) in [4.78, 5) is 16.0. The van der Waals surface area contributed by atoms with E-state index in [0.29, 0.717) is 11.4 Å². The maximum Gasteiger partial charge on any atom is 0.257 e. The zero-order chi connectivity index (χ0) is 12.3. The average Bonchev–Trinajstić information content (AvgIpc) is 2.32. The number of amides is 1. The van der Waals surface area contributed by atoms with Crippen molar-refractivity contribution in [1.82, 2.24) is 4.98 Å². The standard InChI is InChI=1S/C12H8BrIN2O/c13-8-5-6-11(15-7-8)16-12(17)9-3-1-2-4-10(9)14/h1-7H,(H,15,16,17). The molecule has 1 N–H and O–H groups in total. The minimum atomic E-state index is -0.148. The van der Waals surface area contributed by atoms with Gasteiger partial charge in [0.15, 0.2) is 0 Å². The van der Waals surface area contributed by atoms with E-state index in [1.165, 1.54) is 0 Å². The summed E-state index contributed by atoms with van der Waals surface area (Å²) in [5.41, 5.74) is 0.651. The van der Waals surface area contributed by atoms with Crippen LogP contribution in [0.1, 0.15) is 10.4 Å². The highest BCUT2D eigenvalue weighted by Gasteiger charge is 2.09. The number of carbonyl (C=O) groups is 1. The third-order valence-corrected chi connectivity index (χ3v) is 3.50. The normalized spacial score (nSPS) is 10.0. The summed E-state index contributed by atoms with van der Waals surface area (Å²) in [7, 11) is 0. The second kappa shape index (κ2) is 5.59. The molecule has 0 bridgehead atoms. The number of nitrogens with one attached hydrogen (secondary N) is 1. The Balaban J connectivity index is 2.17. The monoisotopic (exact) mass is 402 g/mol. The molecule has 5 heteroatoms. The number of pyridine rings is 1. The lowest BCUT2D eigenvalue weighted by molar-refractivity contribution is 0.102. The fourth-order valence-corrected chi connectivity index (χ4v) is 2.15. The summed E-state index contributed by atoms with van der Waals surface area (Å²) in [5, 5.41) is 2.75. The first kappa shape index (κ1) is 12.5. The molecular weight excluding hydrogens is 395 g/mol. The molecule has 0 radical (unpaired) electrons. The van der Waals surface area contributed by atoms with Crippen LogP contribution in [0.15, 0.2) is 47.1 Å². The molecule has 1 aromatic heterocycles. The molecule has 0 atom stereocenters. The van der Waals surface area contributed by atoms with Crippen molar-refractivity contribution in [2.24, 2.45) is 0 Å². The Bertz CT molecular complexity index is 542. The maximum atomic E-state index is 12.0. The maximum absolute atomic E-state index is 12.0. The van der Waals surface area contributed by atoms with Gasteiger partial charge in [-0.1, -0.05) is 12.1 Å². The number of nitrogens with zero attached hydrogens (tertiary/aromatic N) is 1. The fraction of sp³-hybridized carbons (Fsp3) is 0. The molecular formula is C12H8BrIN2O. The van der Waals surface area contributed by atoms with Crippen LogP contribution in [0.3, 0.4) is 0 Å². The van der Waals surface area contributed by atoms with Crippen LogP contribution in [0.4, 0.5) is 5.82 Å². The van der Waals surface area contributed by atoms with Crippen LogP contribution in [0.5, 0.6) is 0 Å². The van der Waals surface area contributed by atoms with Gasteiger partial charge >= 0.3 is 0 Å². The highest BCUT2D eigenvalue weighted by atomic mass is 127. The molecule has 0 unspecified atom stereocenters. The first-order valence-corrected chi connectivity index (χ1v) is 6.71. The molecule has 3 nitrogen and oxygen atoms in total. The molecule has 0 spiro atoms. The molecule has 0 saturated heterocycles. The van der Waals surface area contributed by atoms with Crippen molar-refractivity contribution >= 4 is 50.2 Å². The molecule has 0 aliphatic rings. The van der Waals surface area contributed by atoms with Crippen molar-refractivity contribution in [3.05, 3.63) is 56.2 Å². The Morgan fingerprint density at radius 1 is 1.24 bits per heavy atom. The number of anilines is 1. The molecule has 1 heterocycles. The predicted octanol–water partition coefficient (Wildman–Crippen LogP) is 3.70. The van der Waals surface area contributed by atoms with Gasteiger partial charge < -0.3 is 5.32 Å². The number of benzene rings is 1. The SMILES string of the molecule is O=C(Nc1ccc(Br)cn1)c1ccccc1I. The van der Waals surface area contributed by atoms with Gasteiger partial charge in [-0.05, 0) is 62.8 Å². The number of hydrogen-bond donors (Lipinski definition) is 1. The Labute approximate surface area is 121 Å². The molecule has 0 saturated carbocycles. The van der Waals surface area contributed by atoms with Crippen LogP contribution < -0.4 is 5.32 Å². The Kier molecular flexibility index (Phi) is 4.11. The van der Waals surface area contributed by atoms with Crippen molar-refractivity contribution in [3.63, 3.8) is 0 Å². The topological polar surface area (TPSA) is 42.0 Å². The van der Waals surface area contributed by atoms with Crippen LogP contribution in [0.2, 0.25) is 0 Å². The number of rotatable bonds is 2. The number of halogens is 2. The van der Waals surface area contributed by atoms with Gasteiger partial charge in [0.05, 0.1) is 5.56 Å². The second-order valence-electron chi connectivity index (χ2n) is 3.30. The lowest BCUT2D eigenvalue weighted by atomic mass is 10.2. The van der Waals surface area contributed by atoms with E-state index in [0.717, 1.165) is 8.04 Å². The third-order valence-electron chi connectivity index (χ3n) is 2.09. The van der Waals surface area contributed by atoms with Gasteiger partial charge in [-0.3, -0.25) is 4.79 Å². The highest BCUT2D eigenvalue weighted by Crippen LogP contribution is 2.15. The van der Waals surface area contributed by atoms with Crippen molar-refractivity contribution in [3.8, 4) is 0 Å². The summed E-state index contributed by atoms with van der Waals surface area (Å²) < 4.78 is 1.80. The summed E-state index contributed by atoms with van der Waals surface area (Å²) in [6.07, 6.45) is 1.64. The fourth-order valence-electron chi connectivity index (χ4n) is 1.28. The largest absolute Gasteiger partial charge is 0.307 e. The minimum absolute atomic E-state index is 0.148. The van der Waals surface area contributed by atoms with Gasteiger partial charge in [0.25, 0.3) is 5.91 Å². The molecule has 0 aliphatic carbocycles. The Hall–Kier alpha value is -0.950. The smallest absolute Gasteiger partial charge is 0.257 e. The first-order chi connectivity index (χ1) is 8.16. The van der Waals surface area contributed by atoms with Crippen molar-refractivity contribution < 1.29 is 4.79 Å². The van der Waals surface area contributed by atoms with Gasteiger partial charge in [-0.15, -0.1) is 0 Å². The second-order valence-corrected chi connectivity index (χ2v) is 5.37. The lowest BCUT2D eigenvalue weighted by Crippen LogP contribution is -2.14. The minimum Gasteiger partial charge on any atom is -0.307 e. The number of aromatic nitrogens is 1. The van der Waals surface area contributed by atoms with E-state index < -0.39 is 0 Å². The quantitative estimate of drug-likeness (QED) is 0.778. The summed E-state index contributed by atoms with van der Waals surface area (Å²) >= 11 is 5.43.